The summed E-state index contributed by atoms with van der Waals surface area (Å²) in [6.07, 6.45) is -2.67. The topological polar surface area (TPSA) is 3.24 Å². The number of alkyl halides is 3. The summed E-state index contributed by atoms with van der Waals surface area (Å²) in [5, 5.41) is 1.56. The summed E-state index contributed by atoms with van der Waals surface area (Å²) < 4.78 is 37.8. The number of anilines is 1. The van der Waals surface area contributed by atoms with Crippen LogP contribution in [0.25, 0.3) is 0 Å². The zero-order valence-corrected chi connectivity index (χ0v) is 9.53. The van der Waals surface area contributed by atoms with E-state index in [2.05, 4.69) is 0 Å². The summed E-state index contributed by atoms with van der Waals surface area (Å²) in [6.45, 7) is 0. The molecule has 1 aromatic rings. The van der Waals surface area contributed by atoms with Crippen molar-refractivity contribution in [1.82, 2.24) is 0 Å². The molecule has 1 aromatic carbocycles. The molecule has 0 aliphatic carbocycles. The molecule has 16 heavy (non-hydrogen) atoms. The van der Waals surface area contributed by atoms with Crippen molar-refractivity contribution >= 4 is 29.1 Å². The van der Waals surface area contributed by atoms with Gasteiger partial charge in [0.1, 0.15) is 0 Å². The first-order valence-corrected chi connectivity index (χ1v) is 5.83. The van der Waals surface area contributed by atoms with Gasteiger partial charge >= 0.3 is 6.18 Å². The van der Waals surface area contributed by atoms with E-state index in [1.807, 2.05) is 5.41 Å². The first-order chi connectivity index (χ1) is 7.48. The highest BCUT2D eigenvalue weighted by atomic mass is 35.5. The summed E-state index contributed by atoms with van der Waals surface area (Å²) in [6, 6.07) is 3.92. The van der Waals surface area contributed by atoms with Crippen LogP contribution in [-0.4, -0.2) is 5.88 Å². The lowest BCUT2D eigenvalue weighted by Crippen LogP contribution is -2.13. The summed E-state index contributed by atoms with van der Waals surface area (Å²) in [4.78, 5) is 1.73. The first kappa shape index (κ1) is 11.7. The fraction of sp³-hybridized carbons (Fsp3) is 0.200. The van der Waals surface area contributed by atoms with E-state index in [1.165, 1.54) is 17.8 Å². The Kier molecular flexibility index (Phi) is 3.08. The average molecular weight is 266 g/mol. The van der Waals surface area contributed by atoms with Crippen LogP contribution < -0.4 is 4.90 Å². The highest BCUT2D eigenvalue weighted by Crippen LogP contribution is 2.37. The van der Waals surface area contributed by atoms with Gasteiger partial charge in [0.25, 0.3) is 0 Å². The van der Waals surface area contributed by atoms with Crippen LogP contribution in [-0.2, 0) is 6.18 Å². The number of nitrogens with zero attached hydrogens (tertiary/aromatic N) is 1. The predicted molar refractivity (Wildman–Crippen MR) is 60.5 cm³/mol. The smallest absolute Gasteiger partial charge is 0.337 e. The van der Waals surface area contributed by atoms with Crippen LogP contribution in [0.1, 0.15) is 5.56 Å². The van der Waals surface area contributed by atoms with Gasteiger partial charge in [0.2, 0.25) is 0 Å². The SMILES string of the molecule is FC(F)(F)c1cc(N2C=CSC2)ccc1Cl. The second-order valence-electron chi connectivity index (χ2n) is 3.21. The Bertz CT molecular complexity index is 431. The maximum Gasteiger partial charge on any atom is 0.417 e. The Balaban J connectivity index is 2.39. The Labute approximate surface area is 99.9 Å². The molecule has 1 nitrogen and oxygen atoms in total. The zero-order chi connectivity index (χ0) is 11.8. The molecule has 86 valence electrons. The van der Waals surface area contributed by atoms with Crippen molar-refractivity contribution < 1.29 is 13.2 Å². The third-order valence-electron chi connectivity index (χ3n) is 2.14. The van der Waals surface area contributed by atoms with E-state index >= 15 is 0 Å². The zero-order valence-electron chi connectivity index (χ0n) is 7.96. The van der Waals surface area contributed by atoms with Gasteiger partial charge < -0.3 is 4.90 Å². The minimum atomic E-state index is -4.41. The highest BCUT2D eigenvalue weighted by Gasteiger charge is 2.33. The Morgan fingerprint density at radius 2 is 2.06 bits per heavy atom. The molecule has 0 saturated carbocycles. The van der Waals surface area contributed by atoms with Gasteiger partial charge in [-0.2, -0.15) is 13.2 Å². The molecule has 0 spiro atoms. The summed E-state index contributed by atoms with van der Waals surface area (Å²) in [5.74, 6) is 0.624. The maximum atomic E-state index is 12.6. The van der Waals surface area contributed by atoms with Crippen LogP contribution in [0.15, 0.2) is 29.8 Å². The second kappa shape index (κ2) is 4.22. The first-order valence-electron chi connectivity index (χ1n) is 4.40. The standard InChI is InChI=1S/C10H7ClF3NS/c11-9-2-1-7(15-3-4-16-6-15)5-8(9)10(12,13)14/h1-5H,6H2. The van der Waals surface area contributed by atoms with E-state index in [4.69, 9.17) is 11.6 Å². The van der Waals surface area contributed by atoms with Crippen LogP contribution in [0.4, 0.5) is 18.9 Å². The van der Waals surface area contributed by atoms with Crippen LogP contribution in [0.2, 0.25) is 5.02 Å². The second-order valence-corrected chi connectivity index (χ2v) is 4.48. The summed E-state index contributed by atoms with van der Waals surface area (Å²) in [7, 11) is 0. The number of hydrogen-bond donors (Lipinski definition) is 0. The molecule has 0 unspecified atom stereocenters. The van der Waals surface area contributed by atoms with E-state index in [1.54, 1.807) is 17.2 Å². The third-order valence-corrected chi connectivity index (χ3v) is 3.21. The lowest BCUT2D eigenvalue weighted by Gasteiger charge is -2.17. The van der Waals surface area contributed by atoms with Gasteiger partial charge in [-0.05, 0) is 23.6 Å². The van der Waals surface area contributed by atoms with Gasteiger partial charge in [0, 0.05) is 11.9 Å². The molecule has 1 heterocycles. The lowest BCUT2D eigenvalue weighted by molar-refractivity contribution is -0.137. The molecule has 0 N–H and O–H groups in total. The molecule has 0 atom stereocenters. The van der Waals surface area contributed by atoms with Gasteiger partial charge in [-0.3, -0.25) is 0 Å². The van der Waals surface area contributed by atoms with Crippen molar-refractivity contribution in [2.45, 2.75) is 6.18 Å². The molecule has 1 aliphatic heterocycles. The number of thioether (sulfide) groups is 1. The van der Waals surface area contributed by atoms with Crippen molar-refractivity contribution in [3.8, 4) is 0 Å². The van der Waals surface area contributed by atoms with Crippen molar-refractivity contribution in [2.75, 3.05) is 10.8 Å². The van der Waals surface area contributed by atoms with Crippen molar-refractivity contribution in [2.24, 2.45) is 0 Å². The molecule has 1 aliphatic rings. The average Bonchev–Trinajstić information content (AvgIpc) is 2.69. The molecule has 0 radical (unpaired) electrons. The summed E-state index contributed by atoms with van der Waals surface area (Å²) >= 11 is 7.05. The molecule has 0 bridgehead atoms. The lowest BCUT2D eigenvalue weighted by atomic mass is 10.2. The number of benzene rings is 1. The monoisotopic (exact) mass is 265 g/mol. The minimum Gasteiger partial charge on any atom is -0.337 e. The van der Waals surface area contributed by atoms with E-state index in [0.717, 1.165) is 6.07 Å². The van der Waals surface area contributed by atoms with Crippen LogP contribution >= 0.6 is 23.4 Å². The van der Waals surface area contributed by atoms with E-state index in [9.17, 15) is 13.2 Å². The Hall–Kier alpha value is -0.810. The van der Waals surface area contributed by atoms with Gasteiger partial charge in [0.05, 0.1) is 16.5 Å². The largest absolute Gasteiger partial charge is 0.417 e. The maximum absolute atomic E-state index is 12.6. The van der Waals surface area contributed by atoms with Crippen LogP contribution in [0, 0.1) is 0 Å². The Morgan fingerprint density at radius 3 is 2.62 bits per heavy atom. The van der Waals surface area contributed by atoms with Crippen LogP contribution in [0.3, 0.4) is 0 Å². The third kappa shape index (κ3) is 2.30. The number of hydrogen-bond acceptors (Lipinski definition) is 2. The van der Waals surface area contributed by atoms with Crippen molar-refractivity contribution in [1.29, 1.82) is 0 Å². The predicted octanol–water partition coefficient (Wildman–Crippen LogP) is 4.34. The molecule has 6 heteroatoms. The van der Waals surface area contributed by atoms with Gasteiger partial charge in [-0.1, -0.05) is 11.6 Å². The van der Waals surface area contributed by atoms with Crippen molar-refractivity contribution in [3.63, 3.8) is 0 Å². The molecular formula is C10H7ClF3NS. The fourth-order valence-electron chi connectivity index (χ4n) is 1.35. The van der Waals surface area contributed by atoms with Gasteiger partial charge in [-0.25, -0.2) is 0 Å². The van der Waals surface area contributed by atoms with Gasteiger partial charge in [0.15, 0.2) is 0 Å². The van der Waals surface area contributed by atoms with Crippen LogP contribution in [0.5, 0.6) is 0 Å². The summed E-state index contributed by atoms with van der Waals surface area (Å²) in [5.41, 5.74) is -0.296. The normalized spacial score (nSPS) is 15.9. The molecule has 0 fully saturated rings. The molecule has 2 rings (SSSR count). The minimum absolute atomic E-state index is 0.271. The fourth-order valence-corrected chi connectivity index (χ4v) is 2.29. The van der Waals surface area contributed by atoms with Crippen molar-refractivity contribution in [3.05, 3.63) is 40.4 Å². The van der Waals surface area contributed by atoms with E-state index in [-0.39, 0.29) is 5.02 Å². The quantitative estimate of drug-likeness (QED) is 0.743. The number of halogens is 4. The molecular weight excluding hydrogens is 259 g/mol. The van der Waals surface area contributed by atoms with E-state index < -0.39 is 11.7 Å². The highest BCUT2D eigenvalue weighted by molar-refractivity contribution is 8.02. The van der Waals surface area contributed by atoms with E-state index in [0.29, 0.717) is 11.6 Å². The van der Waals surface area contributed by atoms with Gasteiger partial charge in [-0.15, -0.1) is 11.8 Å². The molecule has 0 aromatic heterocycles. The molecule has 0 amide bonds. The Morgan fingerprint density at radius 1 is 1.31 bits per heavy atom. The molecule has 0 saturated heterocycles. The number of rotatable bonds is 1.